The Kier molecular flexibility index (Phi) is 5.70. The van der Waals surface area contributed by atoms with E-state index in [1.807, 2.05) is 13.8 Å². The summed E-state index contributed by atoms with van der Waals surface area (Å²) in [5.41, 5.74) is 0. The van der Waals surface area contributed by atoms with Crippen LogP contribution in [0.1, 0.15) is 34.6 Å². The van der Waals surface area contributed by atoms with Crippen LogP contribution in [0.4, 0.5) is 0 Å². The molecule has 0 spiro atoms. The second-order valence-corrected chi connectivity index (χ2v) is 13.2. The highest BCUT2D eigenvalue weighted by atomic mass is 79.9. The molecule has 21 heavy (non-hydrogen) atoms. The molecule has 0 aliphatic carbocycles. The number of hydrogen-bond donors (Lipinski definition) is 1. The van der Waals surface area contributed by atoms with Gasteiger partial charge in [-0.3, -0.25) is 4.79 Å². The van der Waals surface area contributed by atoms with Crippen molar-refractivity contribution >= 4 is 30.2 Å². The van der Waals surface area contributed by atoms with E-state index in [9.17, 15) is 9.90 Å². The van der Waals surface area contributed by atoms with Crippen LogP contribution in [0.25, 0.3) is 0 Å². The summed E-state index contributed by atoms with van der Waals surface area (Å²) < 4.78 is 17.7. The molecule has 1 heterocycles. The average Bonchev–Trinajstić information content (AvgIpc) is 2.63. The first-order chi connectivity index (χ1) is 9.27. The third-order valence-electron chi connectivity index (χ3n) is 4.16. The van der Waals surface area contributed by atoms with Crippen molar-refractivity contribution in [3.8, 4) is 0 Å². The minimum Gasteiger partial charge on any atom is -0.480 e. The molecule has 0 bridgehead atoms. The third-order valence-corrected chi connectivity index (χ3v) is 9.54. The molecule has 0 aromatic heterocycles. The van der Waals surface area contributed by atoms with Crippen LogP contribution in [0, 0.1) is 0 Å². The van der Waals surface area contributed by atoms with Crippen molar-refractivity contribution in [3.05, 3.63) is 0 Å². The molecule has 1 aliphatic heterocycles. The molecule has 3 atom stereocenters. The van der Waals surface area contributed by atoms with Gasteiger partial charge in [-0.15, -0.1) is 0 Å². The predicted octanol–water partition coefficient (Wildman–Crippen LogP) is 3.38. The number of hydrogen-bond acceptors (Lipinski definition) is 4. The van der Waals surface area contributed by atoms with E-state index in [0.29, 0.717) is 6.61 Å². The molecule has 5 nitrogen and oxygen atoms in total. The second-order valence-electron chi connectivity index (χ2n) is 7.45. The van der Waals surface area contributed by atoms with Crippen LogP contribution >= 0.6 is 15.9 Å². The summed E-state index contributed by atoms with van der Waals surface area (Å²) in [5, 5.41) is 9.33. The SMILES string of the molecule is CC1(C)OC[C@H](C(O[Si](C)(C)C(C)(C)C)C(Br)C(=O)O)O1. The second kappa shape index (κ2) is 6.27. The highest BCUT2D eigenvalue weighted by Gasteiger charge is 2.47. The number of aliphatic carboxylic acids is 1. The molecule has 1 fully saturated rings. The maximum Gasteiger partial charge on any atom is 0.320 e. The molecular weight excluding hydrogens is 356 g/mol. The van der Waals surface area contributed by atoms with Gasteiger partial charge in [-0.05, 0) is 32.0 Å². The van der Waals surface area contributed by atoms with Gasteiger partial charge in [-0.25, -0.2) is 0 Å². The van der Waals surface area contributed by atoms with Gasteiger partial charge in [0.25, 0.3) is 0 Å². The van der Waals surface area contributed by atoms with Gasteiger partial charge in [0.2, 0.25) is 0 Å². The molecule has 0 saturated carbocycles. The van der Waals surface area contributed by atoms with Crippen molar-refractivity contribution in [2.75, 3.05) is 6.61 Å². The monoisotopic (exact) mass is 382 g/mol. The van der Waals surface area contributed by atoms with Crippen molar-refractivity contribution in [2.24, 2.45) is 0 Å². The Bertz CT molecular complexity index is 391. The number of carboxylic acid groups (broad SMARTS) is 1. The maximum atomic E-state index is 11.4. The predicted molar refractivity (Wildman–Crippen MR) is 87.3 cm³/mol. The van der Waals surface area contributed by atoms with Gasteiger partial charge in [0.05, 0.1) is 12.7 Å². The number of rotatable bonds is 5. The van der Waals surface area contributed by atoms with E-state index in [-0.39, 0.29) is 5.04 Å². The van der Waals surface area contributed by atoms with Gasteiger partial charge >= 0.3 is 5.97 Å². The third kappa shape index (κ3) is 4.76. The fraction of sp³-hybridized carbons (Fsp3) is 0.929. The number of carbonyl (C=O) groups is 1. The maximum absolute atomic E-state index is 11.4. The first-order valence-corrected chi connectivity index (χ1v) is 11.0. The van der Waals surface area contributed by atoms with Crippen LogP contribution in [0.2, 0.25) is 18.1 Å². The molecule has 2 unspecified atom stereocenters. The molecule has 0 amide bonds. The Morgan fingerprint density at radius 2 is 1.95 bits per heavy atom. The lowest BCUT2D eigenvalue weighted by Gasteiger charge is -2.41. The van der Waals surface area contributed by atoms with Crippen LogP contribution in [0.15, 0.2) is 0 Å². The highest BCUT2D eigenvalue weighted by Crippen LogP contribution is 2.40. The lowest BCUT2D eigenvalue weighted by Crippen LogP contribution is -2.52. The standard InChI is InChI=1S/C14H27BrO5Si/c1-13(2,3)21(6,7)20-11(10(15)12(16)17)9-8-18-14(4,5)19-9/h9-11H,8H2,1-7H3,(H,16,17)/t9-,10?,11?/m1/s1. The molecule has 1 saturated heterocycles. The smallest absolute Gasteiger partial charge is 0.320 e. The van der Waals surface area contributed by atoms with E-state index in [2.05, 4.69) is 49.8 Å². The van der Waals surface area contributed by atoms with Crippen molar-refractivity contribution in [1.82, 2.24) is 0 Å². The fourth-order valence-electron chi connectivity index (χ4n) is 1.86. The van der Waals surface area contributed by atoms with Gasteiger partial charge in [0.1, 0.15) is 10.9 Å². The molecule has 1 N–H and O–H groups in total. The minimum absolute atomic E-state index is 0.00848. The van der Waals surface area contributed by atoms with Crippen LogP contribution in [0.5, 0.6) is 0 Å². The molecule has 1 aliphatic rings. The number of halogens is 1. The van der Waals surface area contributed by atoms with Gasteiger partial charge < -0.3 is 19.0 Å². The van der Waals surface area contributed by atoms with Crippen LogP contribution < -0.4 is 0 Å². The summed E-state index contributed by atoms with van der Waals surface area (Å²) in [7, 11) is -2.12. The summed E-state index contributed by atoms with van der Waals surface area (Å²) >= 11 is 3.24. The zero-order chi connectivity index (χ0) is 16.6. The summed E-state index contributed by atoms with van der Waals surface area (Å²) in [5.74, 6) is -1.66. The summed E-state index contributed by atoms with van der Waals surface area (Å²) in [6.45, 7) is 14.5. The fourth-order valence-corrected chi connectivity index (χ4v) is 3.83. The first kappa shape index (κ1) is 19.1. The molecule has 7 heteroatoms. The minimum atomic E-state index is -2.12. The zero-order valence-electron chi connectivity index (χ0n) is 13.9. The Balaban J connectivity index is 2.97. The molecule has 0 aromatic carbocycles. The van der Waals surface area contributed by atoms with E-state index >= 15 is 0 Å². The van der Waals surface area contributed by atoms with Crippen molar-refractivity contribution in [1.29, 1.82) is 0 Å². The number of ether oxygens (including phenoxy) is 2. The van der Waals surface area contributed by atoms with E-state index in [1.54, 1.807) is 0 Å². The van der Waals surface area contributed by atoms with Gasteiger partial charge in [0, 0.05) is 0 Å². The van der Waals surface area contributed by atoms with Crippen LogP contribution in [0.3, 0.4) is 0 Å². The van der Waals surface area contributed by atoms with Crippen molar-refractivity contribution in [3.63, 3.8) is 0 Å². The Labute approximate surface area is 136 Å². The average molecular weight is 383 g/mol. The molecular formula is C14H27BrO5Si. The Hall–Kier alpha value is 0.0469. The topological polar surface area (TPSA) is 65.0 Å². The molecule has 124 valence electrons. The van der Waals surface area contributed by atoms with Crippen molar-refractivity contribution in [2.45, 2.75) is 75.6 Å². The van der Waals surface area contributed by atoms with Gasteiger partial charge in [0.15, 0.2) is 14.1 Å². The Morgan fingerprint density at radius 1 is 1.43 bits per heavy atom. The molecule has 1 rings (SSSR count). The van der Waals surface area contributed by atoms with Crippen LogP contribution in [-0.2, 0) is 18.7 Å². The summed E-state index contributed by atoms with van der Waals surface area (Å²) in [4.78, 5) is 10.6. The van der Waals surface area contributed by atoms with Crippen molar-refractivity contribution < 1.29 is 23.8 Å². The summed E-state index contributed by atoms with van der Waals surface area (Å²) in [6, 6.07) is 0. The van der Waals surface area contributed by atoms with Crippen LogP contribution in [-0.4, -0.2) is 48.8 Å². The van der Waals surface area contributed by atoms with Gasteiger partial charge in [-0.2, -0.15) is 0 Å². The largest absolute Gasteiger partial charge is 0.480 e. The quantitative estimate of drug-likeness (QED) is 0.583. The normalized spacial score (nSPS) is 25.6. The molecule has 0 aromatic rings. The highest BCUT2D eigenvalue weighted by molar-refractivity contribution is 9.10. The molecule has 0 radical (unpaired) electrons. The number of alkyl halides is 1. The van der Waals surface area contributed by atoms with E-state index < -0.39 is 37.1 Å². The lowest BCUT2D eigenvalue weighted by molar-refractivity contribution is -0.155. The Morgan fingerprint density at radius 3 is 2.29 bits per heavy atom. The first-order valence-electron chi connectivity index (χ1n) is 7.13. The zero-order valence-corrected chi connectivity index (χ0v) is 16.5. The van der Waals surface area contributed by atoms with Gasteiger partial charge in [-0.1, -0.05) is 36.7 Å². The summed E-state index contributed by atoms with van der Waals surface area (Å²) in [6.07, 6.45) is -0.972. The van der Waals surface area contributed by atoms with E-state index in [0.717, 1.165) is 0 Å². The van der Waals surface area contributed by atoms with E-state index in [4.69, 9.17) is 13.9 Å². The number of carboxylic acids is 1. The lowest BCUT2D eigenvalue weighted by atomic mass is 10.1. The van der Waals surface area contributed by atoms with E-state index in [1.165, 1.54) is 0 Å².